The second-order valence-electron chi connectivity index (χ2n) is 9.60. The molecular formula is C29H33ClN4O3. The fourth-order valence-corrected chi connectivity index (χ4v) is 4.96. The van der Waals surface area contributed by atoms with Crippen molar-refractivity contribution in [2.45, 2.75) is 38.5 Å². The van der Waals surface area contributed by atoms with Gasteiger partial charge in [-0.1, -0.05) is 30.7 Å². The number of rotatable bonds is 9. The second kappa shape index (κ2) is 11.9. The van der Waals surface area contributed by atoms with Gasteiger partial charge in [-0.3, -0.25) is 9.88 Å². The summed E-state index contributed by atoms with van der Waals surface area (Å²) in [6, 6.07) is 19.3. The topological polar surface area (TPSA) is 92.8 Å². The lowest BCUT2D eigenvalue weighted by molar-refractivity contribution is 0.0101. The van der Waals surface area contributed by atoms with Crippen LogP contribution in [0.25, 0.3) is 0 Å². The van der Waals surface area contributed by atoms with Crippen molar-refractivity contribution >= 4 is 17.3 Å². The number of piperazine rings is 1. The van der Waals surface area contributed by atoms with E-state index in [2.05, 4.69) is 20.9 Å². The first-order valence-corrected chi connectivity index (χ1v) is 12.9. The van der Waals surface area contributed by atoms with Gasteiger partial charge in [0.05, 0.1) is 41.8 Å². The number of ether oxygens (including phenoxy) is 1. The monoisotopic (exact) mass is 520 g/mol. The van der Waals surface area contributed by atoms with Crippen LogP contribution in [0.1, 0.15) is 48.7 Å². The average molecular weight is 521 g/mol. The van der Waals surface area contributed by atoms with Gasteiger partial charge in [-0.15, -0.1) is 0 Å². The molecule has 2 atom stereocenters. The highest BCUT2D eigenvalue weighted by Crippen LogP contribution is 2.36. The number of aliphatic hydroxyl groups excluding tert-OH is 1. The van der Waals surface area contributed by atoms with E-state index in [9.17, 15) is 15.5 Å². The molecule has 1 saturated heterocycles. The molecule has 1 aliphatic rings. The molecule has 0 aliphatic carbocycles. The Morgan fingerprint density at radius 1 is 1.16 bits per heavy atom. The third kappa shape index (κ3) is 6.41. The highest BCUT2D eigenvalue weighted by molar-refractivity contribution is 6.30. The highest BCUT2D eigenvalue weighted by Gasteiger charge is 2.34. The Labute approximate surface area is 223 Å². The Bertz CT molecular complexity index is 1240. The molecule has 8 heteroatoms. The van der Waals surface area contributed by atoms with Crippen LogP contribution < -0.4 is 9.64 Å². The van der Waals surface area contributed by atoms with Crippen molar-refractivity contribution in [1.82, 2.24) is 9.88 Å². The van der Waals surface area contributed by atoms with Crippen LogP contribution in [-0.2, 0) is 12.2 Å². The van der Waals surface area contributed by atoms with Crippen molar-refractivity contribution in [1.29, 1.82) is 5.26 Å². The van der Waals surface area contributed by atoms with Crippen LogP contribution in [0.2, 0.25) is 5.02 Å². The summed E-state index contributed by atoms with van der Waals surface area (Å²) in [5.74, 6) is 0.694. The minimum absolute atomic E-state index is 0.0539. The van der Waals surface area contributed by atoms with Gasteiger partial charge in [0.2, 0.25) is 0 Å². The molecular weight excluding hydrogens is 488 g/mol. The van der Waals surface area contributed by atoms with E-state index in [4.69, 9.17) is 16.3 Å². The number of pyridine rings is 1. The molecule has 4 rings (SSSR count). The normalized spacial score (nSPS) is 17.7. The minimum Gasteiger partial charge on any atom is -0.494 e. The smallest absolute Gasteiger partial charge is 0.120 e. The minimum atomic E-state index is -1.13. The number of hydrogen-bond acceptors (Lipinski definition) is 7. The fourth-order valence-electron chi connectivity index (χ4n) is 4.83. The van der Waals surface area contributed by atoms with E-state index in [1.165, 1.54) is 0 Å². The maximum Gasteiger partial charge on any atom is 0.120 e. The van der Waals surface area contributed by atoms with E-state index >= 15 is 0 Å². The third-order valence-corrected chi connectivity index (χ3v) is 6.97. The Hall–Kier alpha value is -3.15. The van der Waals surface area contributed by atoms with E-state index in [0.29, 0.717) is 60.4 Å². The molecule has 7 nitrogen and oxygen atoms in total. The number of β-amino-alcohol motifs (C(OH)–C–C–N with tert-alkyl or cyclic N) is 1. The van der Waals surface area contributed by atoms with Crippen LogP contribution in [0.15, 0.2) is 60.8 Å². The zero-order valence-corrected chi connectivity index (χ0v) is 22.0. The molecule has 1 aliphatic heterocycles. The summed E-state index contributed by atoms with van der Waals surface area (Å²) < 4.78 is 5.75. The van der Waals surface area contributed by atoms with E-state index in [-0.39, 0.29) is 12.6 Å². The first kappa shape index (κ1) is 26.9. The standard InChI is InChI=1S/C29H33ClN4O3/c1-3-14-37-26-8-9-27(22(15-26)17-31)34-13-12-33(18-28(34)21-4-6-24(30)7-5-21)20-29(2,36)23-10-11-32-25(16-23)19-35/h4-11,15-16,28,35-36H,3,12-14,18-20H2,1-2H3/t28-,29+/m0/s1. The first-order valence-electron chi connectivity index (χ1n) is 12.5. The largest absolute Gasteiger partial charge is 0.494 e. The van der Waals surface area contributed by atoms with Crippen molar-refractivity contribution in [2.75, 3.05) is 37.7 Å². The van der Waals surface area contributed by atoms with Gasteiger partial charge >= 0.3 is 0 Å². The summed E-state index contributed by atoms with van der Waals surface area (Å²) >= 11 is 6.18. The van der Waals surface area contributed by atoms with Gasteiger partial charge in [0.15, 0.2) is 0 Å². The number of nitriles is 1. The van der Waals surface area contributed by atoms with E-state index in [0.717, 1.165) is 17.7 Å². The summed E-state index contributed by atoms with van der Waals surface area (Å²) in [6.45, 7) is 6.70. The van der Waals surface area contributed by atoms with Gasteiger partial charge in [0, 0.05) is 37.4 Å². The van der Waals surface area contributed by atoms with Crippen molar-refractivity contribution in [3.8, 4) is 11.8 Å². The van der Waals surface area contributed by atoms with Crippen LogP contribution in [-0.4, -0.2) is 52.9 Å². The maximum atomic E-state index is 11.4. The molecule has 2 heterocycles. The predicted octanol–water partition coefficient (Wildman–Crippen LogP) is 4.66. The van der Waals surface area contributed by atoms with Gasteiger partial charge in [-0.05, 0) is 66.9 Å². The molecule has 0 radical (unpaired) electrons. The van der Waals surface area contributed by atoms with Gasteiger partial charge in [0.25, 0.3) is 0 Å². The average Bonchev–Trinajstić information content (AvgIpc) is 2.92. The maximum absolute atomic E-state index is 11.4. The Morgan fingerprint density at radius 2 is 1.95 bits per heavy atom. The summed E-state index contributed by atoms with van der Waals surface area (Å²) in [5, 5.41) is 31.5. The fraction of sp³-hybridized carbons (Fsp3) is 0.379. The number of aliphatic hydroxyl groups is 2. The Balaban J connectivity index is 1.62. The van der Waals surface area contributed by atoms with Gasteiger partial charge < -0.3 is 19.8 Å². The summed E-state index contributed by atoms with van der Waals surface area (Å²) in [6.07, 6.45) is 2.51. The Kier molecular flexibility index (Phi) is 8.67. The summed E-state index contributed by atoms with van der Waals surface area (Å²) in [4.78, 5) is 8.62. The summed E-state index contributed by atoms with van der Waals surface area (Å²) in [5.41, 5.74) is 2.62. The van der Waals surface area contributed by atoms with Crippen molar-refractivity contribution in [3.63, 3.8) is 0 Å². The van der Waals surface area contributed by atoms with Crippen molar-refractivity contribution in [2.24, 2.45) is 0 Å². The lowest BCUT2D eigenvalue weighted by Gasteiger charge is -2.45. The quantitative estimate of drug-likeness (QED) is 0.424. The van der Waals surface area contributed by atoms with Crippen LogP contribution in [0.4, 0.5) is 5.69 Å². The molecule has 2 aromatic carbocycles. The second-order valence-corrected chi connectivity index (χ2v) is 10.0. The molecule has 0 unspecified atom stereocenters. The number of nitrogens with zero attached hydrogens (tertiary/aromatic N) is 4. The van der Waals surface area contributed by atoms with Gasteiger partial charge in [-0.25, -0.2) is 0 Å². The molecule has 1 fully saturated rings. The van der Waals surface area contributed by atoms with Gasteiger partial charge in [0.1, 0.15) is 11.8 Å². The molecule has 194 valence electrons. The molecule has 2 N–H and O–H groups in total. The molecule has 0 amide bonds. The number of hydrogen-bond donors (Lipinski definition) is 2. The number of halogens is 1. The number of benzene rings is 2. The van der Waals surface area contributed by atoms with E-state index in [1.807, 2.05) is 49.4 Å². The molecule has 3 aromatic rings. The van der Waals surface area contributed by atoms with Crippen LogP contribution in [0, 0.1) is 11.3 Å². The van der Waals surface area contributed by atoms with Crippen LogP contribution in [0.5, 0.6) is 5.75 Å². The lowest BCUT2D eigenvalue weighted by atomic mass is 9.93. The van der Waals surface area contributed by atoms with Crippen LogP contribution in [0.3, 0.4) is 0 Å². The van der Waals surface area contributed by atoms with Gasteiger partial charge in [-0.2, -0.15) is 5.26 Å². The van der Waals surface area contributed by atoms with Crippen LogP contribution >= 0.6 is 11.6 Å². The zero-order valence-electron chi connectivity index (χ0n) is 21.3. The molecule has 0 saturated carbocycles. The van der Waals surface area contributed by atoms with Crippen molar-refractivity contribution in [3.05, 3.63) is 88.2 Å². The lowest BCUT2D eigenvalue weighted by Crippen LogP contribution is -2.52. The molecule has 1 aromatic heterocycles. The molecule has 0 spiro atoms. The number of aromatic nitrogens is 1. The first-order chi connectivity index (χ1) is 17.8. The van der Waals surface area contributed by atoms with E-state index < -0.39 is 5.60 Å². The third-order valence-electron chi connectivity index (χ3n) is 6.72. The van der Waals surface area contributed by atoms with Crippen molar-refractivity contribution < 1.29 is 14.9 Å². The summed E-state index contributed by atoms with van der Waals surface area (Å²) in [7, 11) is 0. The Morgan fingerprint density at radius 3 is 2.65 bits per heavy atom. The zero-order chi connectivity index (χ0) is 26.4. The highest BCUT2D eigenvalue weighted by atomic mass is 35.5. The molecule has 37 heavy (non-hydrogen) atoms. The SMILES string of the molecule is CCCOc1ccc(N2CCN(C[C@@](C)(O)c3ccnc(CO)c3)C[C@H]2c2ccc(Cl)cc2)c(C#N)c1. The predicted molar refractivity (Wildman–Crippen MR) is 145 cm³/mol. The number of anilines is 1. The van der Waals surface area contributed by atoms with E-state index in [1.54, 1.807) is 25.3 Å². The molecule has 0 bridgehead atoms.